The standard InChI is InChI=1S/C19H19N5OS/c25-18(16-14-26-19(22-16)21-15-6-2-1-3-7-15)24-12-10-23(11-13-24)17-8-4-5-9-20-17/h1-9,14H,10-13H2,(H,21,22). The van der Waals surface area contributed by atoms with Crippen LogP contribution < -0.4 is 10.2 Å². The number of piperazine rings is 1. The van der Waals surface area contributed by atoms with E-state index in [2.05, 4.69) is 20.2 Å². The Balaban J connectivity index is 1.37. The number of hydrogen-bond acceptors (Lipinski definition) is 6. The number of carbonyl (C=O) groups excluding carboxylic acids is 1. The Morgan fingerprint density at radius 1 is 1.00 bits per heavy atom. The first-order valence-electron chi connectivity index (χ1n) is 8.52. The first kappa shape index (κ1) is 16.5. The predicted molar refractivity (Wildman–Crippen MR) is 104 cm³/mol. The molecule has 3 heterocycles. The van der Waals surface area contributed by atoms with E-state index in [1.54, 1.807) is 6.20 Å². The lowest BCUT2D eigenvalue weighted by Gasteiger charge is -2.35. The topological polar surface area (TPSA) is 61.4 Å². The normalized spacial score (nSPS) is 14.3. The van der Waals surface area contributed by atoms with Crippen molar-refractivity contribution in [1.82, 2.24) is 14.9 Å². The zero-order chi connectivity index (χ0) is 17.8. The van der Waals surface area contributed by atoms with E-state index in [0.717, 1.165) is 29.7 Å². The van der Waals surface area contributed by atoms with E-state index < -0.39 is 0 Å². The highest BCUT2D eigenvalue weighted by molar-refractivity contribution is 7.14. The maximum Gasteiger partial charge on any atom is 0.273 e. The van der Waals surface area contributed by atoms with Crippen LogP contribution in [0.2, 0.25) is 0 Å². The van der Waals surface area contributed by atoms with Gasteiger partial charge in [0.05, 0.1) is 0 Å². The van der Waals surface area contributed by atoms with Crippen molar-refractivity contribution in [3.8, 4) is 0 Å². The molecule has 1 aliphatic rings. The van der Waals surface area contributed by atoms with Gasteiger partial charge in [-0.25, -0.2) is 9.97 Å². The zero-order valence-electron chi connectivity index (χ0n) is 14.2. The van der Waals surface area contributed by atoms with Crippen LogP contribution in [0.3, 0.4) is 0 Å². The summed E-state index contributed by atoms with van der Waals surface area (Å²) in [6.45, 7) is 2.91. The molecule has 4 rings (SSSR count). The third-order valence-corrected chi connectivity index (χ3v) is 5.05. The van der Waals surface area contributed by atoms with E-state index in [1.807, 2.05) is 58.8 Å². The Bertz CT molecular complexity index is 860. The van der Waals surface area contributed by atoms with Gasteiger partial charge in [0.15, 0.2) is 5.13 Å². The molecule has 3 aromatic rings. The van der Waals surface area contributed by atoms with Gasteiger partial charge in [-0.1, -0.05) is 24.3 Å². The molecule has 6 nitrogen and oxygen atoms in total. The van der Waals surface area contributed by atoms with E-state index in [0.29, 0.717) is 18.8 Å². The fourth-order valence-corrected chi connectivity index (χ4v) is 3.62. The SMILES string of the molecule is O=C(c1csc(Nc2ccccc2)n1)N1CCN(c2ccccn2)CC1. The fraction of sp³-hybridized carbons (Fsp3) is 0.211. The van der Waals surface area contributed by atoms with Crippen LogP contribution in [0, 0.1) is 0 Å². The first-order chi connectivity index (χ1) is 12.8. The Morgan fingerprint density at radius 3 is 2.50 bits per heavy atom. The molecular formula is C19H19N5OS. The molecule has 2 aromatic heterocycles. The quantitative estimate of drug-likeness (QED) is 0.769. The third kappa shape index (κ3) is 3.67. The lowest BCUT2D eigenvalue weighted by atomic mass is 10.3. The predicted octanol–water partition coefficient (Wildman–Crippen LogP) is 3.24. The van der Waals surface area contributed by atoms with Crippen LogP contribution in [0.25, 0.3) is 0 Å². The molecule has 1 fully saturated rings. The van der Waals surface area contributed by atoms with Gasteiger partial charge < -0.3 is 15.1 Å². The number of nitrogens with one attached hydrogen (secondary N) is 1. The molecule has 132 valence electrons. The molecular weight excluding hydrogens is 346 g/mol. The summed E-state index contributed by atoms with van der Waals surface area (Å²) < 4.78 is 0. The molecule has 7 heteroatoms. The summed E-state index contributed by atoms with van der Waals surface area (Å²) in [5.74, 6) is 0.950. The fourth-order valence-electron chi connectivity index (χ4n) is 2.92. The van der Waals surface area contributed by atoms with Crippen LogP contribution in [0.4, 0.5) is 16.6 Å². The molecule has 1 amide bonds. The van der Waals surface area contributed by atoms with Crippen molar-refractivity contribution in [3.63, 3.8) is 0 Å². The van der Waals surface area contributed by atoms with Gasteiger partial charge in [-0.15, -0.1) is 11.3 Å². The van der Waals surface area contributed by atoms with Crippen molar-refractivity contribution in [3.05, 3.63) is 65.8 Å². The zero-order valence-corrected chi connectivity index (χ0v) is 15.0. The molecule has 1 N–H and O–H groups in total. The van der Waals surface area contributed by atoms with Crippen molar-refractivity contribution in [2.75, 3.05) is 36.4 Å². The van der Waals surface area contributed by atoms with Crippen LogP contribution in [0.1, 0.15) is 10.5 Å². The maximum absolute atomic E-state index is 12.7. The molecule has 1 saturated heterocycles. The van der Waals surface area contributed by atoms with Crippen molar-refractivity contribution < 1.29 is 4.79 Å². The largest absolute Gasteiger partial charge is 0.353 e. The number of para-hydroxylation sites is 1. The summed E-state index contributed by atoms with van der Waals surface area (Å²) in [6.07, 6.45) is 1.80. The Morgan fingerprint density at radius 2 is 1.77 bits per heavy atom. The number of carbonyl (C=O) groups is 1. The summed E-state index contributed by atoms with van der Waals surface area (Å²) in [6, 6.07) is 15.7. The number of aromatic nitrogens is 2. The van der Waals surface area contributed by atoms with Crippen LogP contribution in [-0.2, 0) is 0 Å². The Hall–Kier alpha value is -2.93. The molecule has 1 aromatic carbocycles. The smallest absolute Gasteiger partial charge is 0.273 e. The second-order valence-corrected chi connectivity index (χ2v) is 6.85. The van der Waals surface area contributed by atoms with Crippen LogP contribution >= 0.6 is 11.3 Å². The van der Waals surface area contributed by atoms with E-state index in [9.17, 15) is 4.79 Å². The lowest BCUT2D eigenvalue weighted by molar-refractivity contribution is 0.0741. The van der Waals surface area contributed by atoms with Crippen LogP contribution in [0.15, 0.2) is 60.1 Å². The monoisotopic (exact) mass is 365 g/mol. The van der Waals surface area contributed by atoms with Gasteiger partial charge in [-0.05, 0) is 24.3 Å². The van der Waals surface area contributed by atoms with E-state index in [4.69, 9.17) is 0 Å². The van der Waals surface area contributed by atoms with Gasteiger partial charge in [0.2, 0.25) is 0 Å². The summed E-state index contributed by atoms with van der Waals surface area (Å²) in [5.41, 5.74) is 1.46. The summed E-state index contributed by atoms with van der Waals surface area (Å²) >= 11 is 1.44. The van der Waals surface area contributed by atoms with Gasteiger partial charge in [-0.2, -0.15) is 0 Å². The summed E-state index contributed by atoms with van der Waals surface area (Å²) in [5, 5.41) is 5.78. The average Bonchev–Trinajstić information content (AvgIpc) is 3.17. The molecule has 0 spiro atoms. The lowest BCUT2D eigenvalue weighted by Crippen LogP contribution is -2.49. The third-order valence-electron chi connectivity index (χ3n) is 4.29. The highest BCUT2D eigenvalue weighted by Crippen LogP contribution is 2.22. The number of thiazole rings is 1. The second kappa shape index (κ2) is 7.53. The second-order valence-electron chi connectivity index (χ2n) is 6.00. The minimum Gasteiger partial charge on any atom is -0.353 e. The molecule has 0 bridgehead atoms. The van der Waals surface area contributed by atoms with Crippen LogP contribution in [0.5, 0.6) is 0 Å². The van der Waals surface area contributed by atoms with E-state index in [1.165, 1.54) is 11.3 Å². The Labute approximate surface area is 156 Å². The molecule has 0 radical (unpaired) electrons. The van der Waals surface area contributed by atoms with Gasteiger partial charge in [-0.3, -0.25) is 4.79 Å². The molecule has 26 heavy (non-hydrogen) atoms. The minimum absolute atomic E-state index is 0.0111. The number of hydrogen-bond donors (Lipinski definition) is 1. The minimum atomic E-state index is -0.0111. The average molecular weight is 365 g/mol. The maximum atomic E-state index is 12.7. The van der Waals surface area contributed by atoms with Crippen molar-refractivity contribution in [1.29, 1.82) is 0 Å². The number of rotatable bonds is 4. The molecule has 0 atom stereocenters. The number of pyridine rings is 1. The number of benzene rings is 1. The van der Waals surface area contributed by atoms with Gasteiger partial charge in [0.1, 0.15) is 11.5 Å². The van der Waals surface area contributed by atoms with E-state index >= 15 is 0 Å². The van der Waals surface area contributed by atoms with Crippen molar-refractivity contribution in [2.24, 2.45) is 0 Å². The van der Waals surface area contributed by atoms with Crippen molar-refractivity contribution in [2.45, 2.75) is 0 Å². The molecule has 1 aliphatic heterocycles. The Kier molecular flexibility index (Phi) is 4.79. The molecule has 0 unspecified atom stereocenters. The number of amides is 1. The summed E-state index contributed by atoms with van der Waals surface area (Å²) in [7, 11) is 0. The van der Waals surface area contributed by atoms with Gasteiger partial charge in [0, 0.05) is 43.4 Å². The highest BCUT2D eigenvalue weighted by Gasteiger charge is 2.24. The van der Waals surface area contributed by atoms with E-state index in [-0.39, 0.29) is 5.91 Å². The molecule has 0 saturated carbocycles. The van der Waals surface area contributed by atoms with Gasteiger partial charge in [0.25, 0.3) is 5.91 Å². The van der Waals surface area contributed by atoms with Crippen LogP contribution in [-0.4, -0.2) is 47.0 Å². The van der Waals surface area contributed by atoms with Gasteiger partial charge >= 0.3 is 0 Å². The number of nitrogens with zero attached hydrogens (tertiary/aromatic N) is 4. The summed E-state index contributed by atoms with van der Waals surface area (Å²) in [4.78, 5) is 25.6. The highest BCUT2D eigenvalue weighted by atomic mass is 32.1. The first-order valence-corrected chi connectivity index (χ1v) is 9.40. The van der Waals surface area contributed by atoms with Crippen molar-refractivity contribution >= 4 is 33.9 Å². The molecule has 0 aliphatic carbocycles. The number of anilines is 3.